The van der Waals surface area contributed by atoms with Crippen LogP contribution in [0.15, 0.2) is 0 Å². The molecule has 3 unspecified atom stereocenters. The predicted molar refractivity (Wildman–Crippen MR) is 77.3 cm³/mol. The van der Waals surface area contributed by atoms with E-state index in [4.69, 9.17) is 9.97 Å². The average molecular weight is 259 g/mol. The second kappa shape index (κ2) is 5.20. The molecule has 1 fully saturated rings. The molecule has 1 aromatic rings. The van der Waals surface area contributed by atoms with E-state index >= 15 is 0 Å². The third-order valence-corrected chi connectivity index (χ3v) is 4.72. The van der Waals surface area contributed by atoms with Gasteiger partial charge in [-0.05, 0) is 63.1 Å². The van der Waals surface area contributed by atoms with Crippen LogP contribution in [0.25, 0.3) is 0 Å². The summed E-state index contributed by atoms with van der Waals surface area (Å²) in [6.07, 6.45) is 4.86. The van der Waals surface area contributed by atoms with Crippen molar-refractivity contribution >= 4 is 0 Å². The monoisotopic (exact) mass is 259 g/mol. The van der Waals surface area contributed by atoms with Gasteiger partial charge in [-0.3, -0.25) is 0 Å². The molecule has 2 aliphatic rings. The van der Waals surface area contributed by atoms with Crippen molar-refractivity contribution in [1.29, 1.82) is 0 Å². The van der Waals surface area contributed by atoms with Gasteiger partial charge in [0, 0.05) is 17.3 Å². The van der Waals surface area contributed by atoms with E-state index in [-0.39, 0.29) is 0 Å². The van der Waals surface area contributed by atoms with E-state index in [1.165, 1.54) is 29.8 Å². The first-order chi connectivity index (χ1) is 9.19. The topological polar surface area (TPSA) is 37.8 Å². The van der Waals surface area contributed by atoms with Crippen molar-refractivity contribution in [2.45, 2.75) is 52.4 Å². The lowest BCUT2D eigenvalue weighted by atomic mass is 9.85. The van der Waals surface area contributed by atoms with E-state index in [0.717, 1.165) is 43.6 Å². The first-order valence-corrected chi connectivity index (χ1v) is 7.76. The zero-order chi connectivity index (χ0) is 13.4. The van der Waals surface area contributed by atoms with E-state index in [1.54, 1.807) is 0 Å². The summed E-state index contributed by atoms with van der Waals surface area (Å²) < 4.78 is 0. The zero-order valence-corrected chi connectivity index (χ0v) is 12.4. The van der Waals surface area contributed by atoms with Gasteiger partial charge in [0.25, 0.3) is 0 Å². The van der Waals surface area contributed by atoms with Crippen molar-refractivity contribution in [3.63, 3.8) is 0 Å². The zero-order valence-electron chi connectivity index (χ0n) is 12.4. The van der Waals surface area contributed by atoms with Crippen LogP contribution in [0.3, 0.4) is 0 Å². The molecule has 0 bridgehead atoms. The van der Waals surface area contributed by atoms with Crippen LogP contribution in [0.5, 0.6) is 0 Å². The maximum atomic E-state index is 4.87. The molecule has 1 saturated carbocycles. The van der Waals surface area contributed by atoms with Gasteiger partial charge < -0.3 is 5.32 Å². The van der Waals surface area contributed by atoms with Crippen LogP contribution in [-0.2, 0) is 12.8 Å². The second-order valence-electron chi connectivity index (χ2n) is 6.33. The molecule has 0 radical (unpaired) electrons. The van der Waals surface area contributed by atoms with Crippen molar-refractivity contribution < 1.29 is 0 Å². The van der Waals surface area contributed by atoms with Crippen LogP contribution in [0.4, 0.5) is 0 Å². The summed E-state index contributed by atoms with van der Waals surface area (Å²) in [5.41, 5.74) is 4.01. The molecule has 1 heterocycles. The minimum atomic E-state index is 0.642. The van der Waals surface area contributed by atoms with Crippen molar-refractivity contribution in [3.05, 3.63) is 22.8 Å². The van der Waals surface area contributed by atoms with Crippen molar-refractivity contribution in [2.24, 2.45) is 11.8 Å². The van der Waals surface area contributed by atoms with Gasteiger partial charge in [0.2, 0.25) is 0 Å². The van der Waals surface area contributed by atoms with E-state index < -0.39 is 0 Å². The summed E-state index contributed by atoms with van der Waals surface area (Å²) in [7, 11) is 0. The van der Waals surface area contributed by atoms with E-state index in [9.17, 15) is 0 Å². The minimum absolute atomic E-state index is 0.642. The van der Waals surface area contributed by atoms with Crippen LogP contribution >= 0.6 is 0 Å². The Labute approximate surface area is 116 Å². The van der Waals surface area contributed by atoms with E-state index in [2.05, 4.69) is 26.1 Å². The van der Waals surface area contributed by atoms with Crippen LogP contribution in [0, 0.1) is 18.8 Å². The van der Waals surface area contributed by atoms with Gasteiger partial charge in [-0.1, -0.05) is 13.8 Å². The van der Waals surface area contributed by atoms with Gasteiger partial charge >= 0.3 is 0 Å². The lowest BCUT2D eigenvalue weighted by molar-refractivity contribution is 0.422. The predicted octanol–water partition coefficient (Wildman–Crippen LogP) is 2.62. The van der Waals surface area contributed by atoms with Crippen molar-refractivity contribution in [1.82, 2.24) is 15.3 Å². The number of aromatic nitrogens is 2. The SMILES string of the molecule is CCNCC1CCc2nc(C3CC3C)nc(C)c2C1. The Kier molecular flexibility index (Phi) is 3.57. The molecule has 1 aromatic heterocycles. The molecule has 0 spiro atoms. The maximum absolute atomic E-state index is 4.87. The molecule has 0 amide bonds. The number of rotatable bonds is 4. The molecular weight excluding hydrogens is 234 g/mol. The molecule has 0 aromatic carbocycles. The lowest BCUT2D eigenvalue weighted by Gasteiger charge is -2.25. The molecule has 19 heavy (non-hydrogen) atoms. The third kappa shape index (κ3) is 2.66. The van der Waals surface area contributed by atoms with Gasteiger partial charge in [-0.15, -0.1) is 0 Å². The fourth-order valence-electron chi connectivity index (χ4n) is 3.25. The van der Waals surface area contributed by atoms with Crippen LogP contribution in [-0.4, -0.2) is 23.1 Å². The number of aryl methyl sites for hydroxylation is 2. The highest BCUT2D eigenvalue weighted by Crippen LogP contribution is 2.45. The smallest absolute Gasteiger partial charge is 0.132 e. The number of hydrogen-bond acceptors (Lipinski definition) is 3. The summed E-state index contributed by atoms with van der Waals surface area (Å²) in [6, 6.07) is 0. The van der Waals surface area contributed by atoms with Gasteiger partial charge in [0.05, 0.1) is 0 Å². The van der Waals surface area contributed by atoms with Crippen molar-refractivity contribution in [3.8, 4) is 0 Å². The standard InChI is InChI=1S/C16H25N3/c1-4-17-9-12-5-6-15-14(8-12)11(3)18-16(19-15)13-7-10(13)2/h10,12-13,17H,4-9H2,1-3H3. The highest BCUT2D eigenvalue weighted by atomic mass is 14.9. The summed E-state index contributed by atoms with van der Waals surface area (Å²) in [5, 5.41) is 3.47. The Morgan fingerprint density at radius 1 is 1.32 bits per heavy atom. The van der Waals surface area contributed by atoms with Crippen LogP contribution in [0.1, 0.15) is 55.4 Å². The molecule has 2 aliphatic carbocycles. The van der Waals surface area contributed by atoms with Gasteiger partial charge in [-0.25, -0.2) is 9.97 Å². The summed E-state index contributed by atoms with van der Waals surface area (Å²) in [6.45, 7) is 8.85. The van der Waals surface area contributed by atoms with E-state index in [1.807, 2.05) is 0 Å². The Morgan fingerprint density at radius 2 is 2.11 bits per heavy atom. The van der Waals surface area contributed by atoms with Crippen LogP contribution < -0.4 is 5.32 Å². The number of hydrogen-bond donors (Lipinski definition) is 1. The van der Waals surface area contributed by atoms with Gasteiger partial charge in [0.1, 0.15) is 5.82 Å². The molecule has 0 saturated heterocycles. The third-order valence-electron chi connectivity index (χ3n) is 4.72. The Bertz CT molecular complexity index is 469. The fourth-order valence-corrected chi connectivity index (χ4v) is 3.25. The molecular formula is C16H25N3. The molecule has 3 rings (SSSR count). The molecule has 0 aliphatic heterocycles. The lowest BCUT2D eigenvalue weighted by Crippen LogP contribution is -2.28. The quantitative estimate of drug-likeness (QED) is 0.903. The molecule has 3 nitrogen and oxygen atoms in total. The molecule has 3 heteroatoms. The number of fused-ring (bicyclic) bond motifs is 1. The highest BCUT2D eigenvalue weighted by molar-refractivity contribution is 5.30. The average Bonchev–Trinajstić information content (AvgIpc) is 3.13. The highest BCUT2D eigenvalue weighted by Gasteiger charge is 2.37. The molecule has 1 N–H and O–H groups in total. The van der Waals surface area contributed by atoms with Crippen molar-refractivity contribution in [2.75, 3.05) is 13.1 Å². The summed E-state index contributed by atoms with van der Waals surface area (Å²) >= 11 is 0. The van der Waals surface area contributed by atoms with Gasteiger partial charge in [-0.2, -0.15) is 0 Å². The Morgan fingerprint density at radius 3 is 2.79 bits per heavy atom. The molecule has 104 valence electrons. The number of nitrogens with one attached hydrogen (secondary N) is 1. The van der Waals surface area contributed by atoms with E-state index in [0.29, 0.717) is 5.92 Å². The molecule has 3 atom stereocenters. The Hall–Kier alpha value is -0.960. The minimum Gasteiger partial charge on any atom is -0.317 e. The van der Waals surface area contributed by atoms with Crippen LogP contribution in [0.2, 0.25) is 0 Å². The first kappa shape index (κ1) is 13.0. The Balaban J connectivity index is 1.78. The fraction of sp³-hybridized carbons (Fsp3) is 0.750. The first-order valence-electron chi connectivity index (χ1n) is 7.76. The normalized spacial score (nSPS) is 29.1. The maximum Gasteiger partial charge on any atom is 0.132 e. The van der Waals surface area contributed by atoms with Gasteiger partial charge in [0.15, 0.2) is 0 Å². The number of nitrogens with zero attached hydrogens (tertiary/aromatic N) is 2. The largest absolute Gasteiger partial charge is 0.317 e. The summed E-state index contributed by atoms with van der Waals surface area (Å²) in [4.78, 5) is 9.65. The second-order valence-corrected chi connectivity index (χ2v) is 6.33. The summed E-state index contributed by atoms with van der Waals surface area (Å²) in [5.74, 6) is 3.32.